The summed E-state index contributed by atoms with van der Waals surface area (Å²) in [6, 6.07) is 5.45. The summed E-state index contributed by atoms with van der Waals surface area (Å²) in [4.78, 5) is 22.4. The molecule has 0 unspecified atom stereocenters. The van der Waals surface area contributed by atoms with E-state index in [1.807, 2.05) is 13.0 Å². The third kappa shape index (κ3) is 2.55. The molecule has 1 aromatic carbocycles. The largest absolute Gasteiger partial charge is 0.491 e. The van der Waals surface area contributed by atoms with Crippen LogP contribution in [0, 0.1) is 12.8 Å². The second-order valence-corrected chi connectivity index (χ2v) is 4.09. The monoisotopic (exact) mass is 235 g/mol. The number of carbonyl (C=O) groups is 2. The summed E-state index contributed by atoms with van der Waals surface area (Å²) in [6.07, 6.45) is -0.223. The summed E-state index contributed by atoms with van der Waals surface area (Å²) in [6.45, 7) is 2.00. The zero-order valence-corrected chi connectivity index (χ0v) is 9.40. The van der Waals surface area contributed by atoms with Crippen molar-refractivity contribution in [2.45, 2.75) is 13.3 Å². The summed E-state index contributed by atoms with van der Waals surface area (Å²) in [5, 5.41) is 11.4. The number of carboxylic acids is 1. The second-order valence-electron chi connectivity index (χ2n) is 4.09. The van der Waals surface area contributed by atoms with Crippen LogP contribution in [-0.2, 0) is 9.59 Å². The minimum absolute atomic E-state index is 0.0915. The van der Waals surface area contributed by atoms with E-state index in [9.17, 15) is 9.59 Å². The van der Waals surface area contributed by atoms with Gasteiger partial charge in [0.1, 0.15) is 12.4 Å². The number of nitrogens with one attached hydrogen (secondary N) is 1. The predicted octanol–water partition coefficient (Wildman–Crippen LogP) is 1.42. The molecule has 0 aliphatic carbocycles. The van der Waals surface area contributed by atoms with Crippen molar-refractivity contribution in [1.82, 2.24) is 0 Å². The van der Waals surface area contributed by atoms with Gasteiger partial charge in [-0.2, -0.15) is 0 Å². The first-order chi connectivity index (χ1) is 8.06. The van der Waals surface area contributed by atoms with Gasteiger partial charge in [-0.15, -0.1) is 0 Å². The first kappa shape index (κ1) is 11.4. The molecule has 0 bridgehead atoms. The lowest BCUT2D eigenvalue weighted by molar-refractivity contribution is -0.140. The van der Waals surface area contributed by atoms with E-state index in [1.54, 1.807) is 12.1 Å². The third-order valence-corrected chi connectivity index (χ3v) is 2.62. The first-order valence-corrected chi connectivity index (χ1v) is 5.32. The van der Waals surface area contributed by atoms with E-state index in [0.717, 1.165) is 5.56 Å². The standard InChI is InChI=1S/C12H13NO4/c1-7-2-3-10-9(4-7)13-12(16)8(6-17-10)5-11(14)15/h2-4,8H,5-6H2,1H3,(H,13,16)(H,14,15)/t8-/m0/s1. The van der Waals surface area contributed by atoms with Crippen molar-refractivity contribution in [2.24, 2.45) is 5.92 Å². The Hall–Kier alpha value is -2.04. The Morgan fingerprint density at radius 2 is 2.35 bits per heavy atom. The number of benzene rings is 1. The van der Waals surface area contributed by atoms with Gasteiger partial charge in [0.2, 0.25) is 5.91 Å². The normalized spacial score (nSPS) is 18.6. The highest BCUT2D eigenvalue weighted by atomic mass is 16.5. The number of fused-ring (bicyclic) bond motifs is 1. The average Bonchev–Trinajstić information content (AvgIpc) is 2.38. The zero-order chi connectivity index (χ0) is 12.4. The highest BCUT2D eigenvalue weighted by molar-refractivity contribution is 5.96. The van der Waals surface area contributed by atoms with Crippen LogP contribution in [0.1, 0.15) is 12.0 Å². The van der Waals surface area contributed by atoms with Crippen LogP contribution >= 0.6 is 0 Å². The summed E-state index contributed by atoms with van der Waals surface area (Å²) < 4.78 is 5.44. The van der Waals surface area contributed by atoms with Crippen molar-refractivity contribution < 1.29 is 19.4 Å². The second kappa shape index (κ2) is 4.45. The number of carbonyl (C=O) groups excluding carboxylic acids is 1. The molecule has 1 aromatic rings. The molecule has 0 aromatic heterocycles. The molecular weight excluding hydrogens is 222 g/mol. The quantitative estimate of drug-likeness (QED) is 0.812. The predicted molar refractivity (Wildman–Crippen MR) is 61.0 cm³/mol. The molecule has 1 aliphatic rings. The number of hydrogen-bond donors (Lipinski definition) is 2. The van der Waals surface area contributed by atoms with Crippen molar-refractivity contribution in [3.63, 3.8) is 0 Å². The molecule has 17 heavy (non-hydrogen) atoms. The van der Waals surface area contributed by atoms with Crippen LogP contribution in [0.25, 0.3) is 0 Å². The summed E-state index contributed by atoms with van der Waals surface area (Å²) in [7, 11) is 0. The fourth-order valence-corrected chi connectivity index (χ4v) is 1.73. The van der Waals surface area contributed by atoms with Gasteiger partial charge in [0.05, 0.1) is 18.0 Å². The Labute approximate surface area is 98.4 Å². The number of anilines is 1. The maximum absolute atomic E-state index is 11.8. The van der Waals surface area contributed by atoms with Crippen LogP contribution in [0.5, 0.6) is 5.75 Å². The number of amides is 1. The van der Waals surface area contributed by atoms with Gasteiger partial charge in [-0.3, -0.25) is 9.59 Å². The van der Waals surface area contributed by atoms with Gasteiger partial charge in [0.15, 0.2) is 0 Å². The van der Waals surface area contributed by atoms with Crippen LogP contribution in [0.4, 0.5) is 5.69 Å². The topological polar surface area (TPSA) is 75.6 Å². The van der Waals surface area contributed by atoms with E-state index >= 15 is 0 Å². The van der Waals surface area contributed by atoms with Crippen molar-refractivity contribution in [1.29, 1.82) is 0 Å². The van der Waals surface area contributed by atoms with Gasteiger partial charge < -0.3 is 15.2 Å². The Morgan fingerprint density at radius 3 is 3.06 bits per heavy atom. The Balaban J connectivity index is 2.22. The van der Waals surface area contributed by atoms with Gasteiger partial charge in [0.25, 0.3) is 0 Å². The molecule has 1 aliphatic heterocycles. The average molecular weight is 235 g/mol. The van der Waals surface area contributed by atoms with Gasteiger partial charge in [-0.25, -0.2) is 0 Å². The maximum atomic E-state index is 11.8. The number of aliphatic carboxylic acids is 1. The molecule has 90 valence electrons. The molecule has 0 radical (unpaired) electrons. The van der Waals surface area contributed by atoms with Crippen molar-refractivity contribution in [3.05, 3.63) is 23.8 Å². The molecule has 0 saturated heterocycles. The summed E-state index contributed by atoms with van der Waals surface area (Å²) in [5.41, 5.74) is 1.60. The zero-order valence-electron chi connectivity index (χ0n) is 9.40. The minimum atomic E-state index is -1.00. The summed E-state index contributed by atoms with van der Waals surface area (Å²) in [5.74, 6) is -1.38. The molecule has 0 spiro atoms. The van der Waals surface area contributed by atoms with Gasteiger partial charge in [0, 0.05) is 0 Å². The SMILES string of the molecule is Cc1ccc2c(c1)NC(=O)[C@@H](CC(=O)O)CO2. The molecule has 0 fully saturated rings. The number of rotatable bonds is 2. The molecule has 5 heteroatoms. The minimum Gasteiger partial charge on any atom is -0.491 e. The van der Waals surface area contributed by atoms with Gasteiger partial charge in [-0.1, -0.05) is 6.07 Å². The lowest BCUT2D eigenvalue weighted by Gasteiger charge is -2.09. The maximum Gasteiger partial charge on any atom is 0.304 e. The smallest absolute Gasteiger partial charge is 0.304 e. The van der Waals surface area contributed by atoms with Crippen LogP contribution in [0.3, 0.4) is 0 Å². The fourth-order valence-electron chi connectivity index (χ4n) is 1.73. The van der Waals surface area contributed by atoms with E-state index in [2.05, 4.69) is 5.32 Å². The van der Waals surface area contributed by atoms with Crippen molar-refractivity contribution in [3.8, 4) is 5.75 Å². The highest BCUT2D eigenvalue weighted by Gasteiger charge is 2.26. The number of carboxylic acid groups (broad SMARTS) is 1. The molecule has 2 rings (SSSR count). The van der Waals surface area contributed by atoms with Crippen LogP contribution in [-0.4, -0.2) is 23.6 Å². The lowest BCUT2D eigenvalue weighted by Crippen LogP contribution is -2.27. The summed E-state index contributed by atoms with van der Waals surface area (Å²) >= 11 is 0. The number of ether oxygens (including phenoxy) is 1. The number of aryl methyl sites for hydroxylation is 1. The molecular formula is C12H13NO4. The van der Waals surface area contributed by atoms with E-state index in [4.69, 9.17) is 9.84 Å². The molecule has 1 heterocycles. The van der Waals surface area contributed by atoms with E-state index in [0.29, 0.717) is 11.4 Å². The van der Waals surface area contributed by atoms with Gasteiger partial charge >= 0.3 is 5.97 Å². The molecule has 0 saturated carbocycles. The molecule has 1 atom stereocenters. The molecule has 2 N–H and O–H groups in total. The highest BCUT2D eigenvalue weighted by Crippen LogP contribution is 2.29. The van der Waals surface area contributed by atoms with Crippen LogP contribution < -0.4 is 10.1 Å². The lowest BCUT2D eigenvalue weighted by atomic mass is 10.1. The van der Waals surface area contributed by atoms with Crippen molar-refractivity contribution in [2.75, 3.05) is 11.9 Å². The first-order valence-electron chi connectivity index (χ1n) is 5.32. The number of hydrogen-bond acceptors (Lipinski definition) is 3. The van der Waals surface area contributed by atoms with Crippen LogP contribution in [0.2, 0.25) is 0 Å². The van der Waals surface area contributed by atoms with E-state index < -0.39 is 11.9 Å². The van der Waals surface area contributed by atoms with E-state index in [-0.39, 0.29) is 18.9 Å². The third-order valence-electron chi connectivity index (χ3n) is 2.62. The Bertz CT molecular complexity index is 470. The Kier molecular flexibility index (Phi) is 2.99. The Morgan fingerprint density at radius 1 is 1.59 bits per heavy atom. The van der Waals surface area contributed by atoms with Gasteiger partial charge in [-0.05, 0) is 24.6 Å². The molecule has 1 amide bonds. The van der Waals surface area contributed by atoms with E-state index in [1.165, 1.54) is 0 Å². The van der Waals surface area contributed by atoms with Crippen LogP contribution in [0.15, 0.2) is 18.2 Å². The fraction of sp³-hybridized carbons (Fsp3) is 0.333. The molecule has 5 nitrogen and oxygen atoms in total. The van der Waals surface area contributed by atoms with Crippen molar-refractivity contribution >= 4 is 17.6 Å².